The summed E-state index contributed by atoms with van der Waals surface area (Å²) in [6.45, 7) is 1.86. The van der Waals surface area contributed by atoms with Crippen LogP contribution in [0.1, 0.15) is 20.1 Å². The third-order valence-electron chi connectivity index (χ3n) is 3.57. The molecule has 2 rings (SSSR count). The molecule has 0 unspecified atom stereocenters. The fourth-order valence-corrected chi connectivity index (χ4v) is 2.48. The zero-order chi connectivity index (χ0) is 17.9. The number of amides is 1. The number of hydrogen-bond donors (Lipinski definition) is 3. The number of rotatable bonds is 5. The zero-order valence-electron chi connectivity index (χ0n) is 13.2. The van der Waals surface area contributed by atoms with E-state index in [4.69, 9.17) is 9.47 Å². The van der Waals surface area contributed by atoms with Gasteiger partial charge in [-0.25, -0.2) is 4.79 Å². The Morgan fingerprint density at radius 1 is 1.46 bits per heavy atom. The fourth-order valence-electron chi connectivity index (χ4n) is 2.48. The van der Waals surface area contributed by atoms with Crippen molar-refractivity contribution in [3.8, 4) is 0 Å². The summed E-state index contributed by atoms with van der Waals surface area (Å²) >= 11 is 0. The highest BCUT2D eigenvalue weighted by molar-refractivity contribution is 5.87. The maximum Gasteiger partial charge on any atom is 0.351 e. The Hall–Kier alpha value is -2.30. The van der Waals surface area contributed by atoms with Crippen LogP contribution >= 0.6 is 0 Å². The van der Waals surface area contributed by atoms with Crippen molar-refractivity contribution >= 4 is 17.7 Å². The topological polar surface area (TPSA) is 140 Å². The van der Waals surface area contributed by atoms with Crippen molar-refractivity contribution < 1.29 is 29.3 Å². The van der Waals surface area contributed by atoms with Crippen LogP contribution in [0.2, 0.25) is 0 Å². The molecule has 1 aromatic heterocycles. The van der Waals surface area contributed by atoms with E-state index >= 15 is 0 Å². The van der Waals surface area contributed by atoms with Crippen LogP contribution in [-0.2, 0) is 19.1 Å². The van der Waals surface area contributed by atoms with Crippen LogP contribution in [0.5, 0.6) is 0 Å². The molecule has 1 fully saturated rings. The van der Waals surface area contributed by atoms with E-state index in [2.05, 4.69) is 10.3 Å². The van der Waals surface area contributed by atoms with Crippen LogP contribution in [-0.4, -0.2) is 57.1 Å². The molecule has 2 heterocycles. The first-order valence-electron chi connectivity index (χ1n) is 7.28. The van der Waals surface area contributed by atoms with Crippen LogP contribution in [0.15, 0.2) is 17.1 Å². The first-order chi connectivity index (χ1) is 11.3. The lowest BCUT2D eigenvalue weighted by Crippen LogP contribution is -2.35. The second-order valence-electron chi connectivity index (χ2n) is 5.39. The standard InChI is InChI=1S/C14H19N3O7/c1-7(19)15-11-3-4-17(14(22)16-11)13-9(6-23-8(2)20)12(21)10(5-18)24-13/h3-4,9-10,12-13,18,21H,5-6H2,1-2H3,(H,15,16,19,22)/t9-,10-,12+,13-/m1/s1. The number of nitrogens with zero attached hydrogens (tertiary/aromatic N) is 2. The summed E-state index contributed by atoms with van der Waals surface area (Å²) in [6.07, 6.45) is -1.67. The van der Waals surface area contributed by atoms with Gasteiger partial charge in [0.15, 0.2) is 0 Å². The average molecular weight is 341 g/mol. The fraction of sp³-hybridized carbons (Fsp3) is 0.571. The van der Waals surface area contributed by atoms with Gasteiger partial charge >= 0.3 is 11.7 Å². The lowest BCUT2D eigenvalue weighted by atomic mass is 10.0. The Balaban J connectivity index is 2.28. The molecule has 132 valence electrons. The average Bonchev–Trinajstić information content (AvgIpc) is 2.80. The van der Waals surface area contributed by atoms with Crippen molar-refractivity contribution in [1.82, 2.24) is 9.55 Å². The minimum atomic E-state index is -1.12. The molecular weight excluding hydrogens is 322 g/mol. The lowest BCUT2D eigenvalue weighted by molar-refractivity contribution is -0.144. The molecule has 1 aliphatic heterocycles. The number of aromatic nitrogens is 2. The second-order valence-corrected chi connectivity index (χ2v) is 5.39. The van der Waals surface area contributed by atoms with Gasteiger partial charge in [0, 0.05) is 20.0 Å². The number of anilines is 1. The molecule has 0 aliphatic carbocycles. The molecule has 0 spiro atoms. The van der Waals surface area contributed by atoms with Gasteiger partial charge in [-0.3, -0.25) is 14.2 Å². The van der Waals surface area contributed by atoms with Gasteiger partial charge in [-0.15, -0.1) is 0 Å². The van der Waals surface area contributed by atoms with Gasteiger partial charge in [0.2, 0.25) is 5.91 Å². The van der Waals surface area contributed by atoms with Gasteiger partial charge in [-0.05, 0) is 6.07 Å². The Bertz CT molecular complexity index is 675. The van der Waals surface area contributed by atoms with E-state index in [1.165, 1.54) is 26.1 Å². The molecule has 10 heteroatoms. The van der Waals surface area contributed by atoms with Crippen LogP contribution in [0.25, 0.3) is 0 Å². The van der Waals surface area contributed by atoms with Crippen molar-refractivity contribution in [3.05, 3.63) is 22.7 Å². The Morgan fingerprint density at radius 3 is 2.71 bits per heavy atom. The predicted molar refractivity (Wildman–Crippen MR) is 79.9 cm³/mol. The number of carbonyl (C=O) groups is 2. The monoisotopic (exact) mass is 341 g/mol. The third kappa shape index (κ3) is 3.96. The molecule has 24 heavy (non-hydrogen) atoms. The SMILES string of the molecule is CC(=O)Nc1ccn([C@@H]2O[C@H](CO)[C@@H](O)[C@H]2COC(C)=O)c(=O)n1. The number of carbonyl (C=O) groups excluding carboxylic acids is 2. The van der Waals surface area contributed by atoms with Gasteiger partial charge < -0.3 is 25.0 Å². The minimum absolute atomic E-state index is 0.0811. The Kier molecular flexibility index (Phi) is 5.65. The molecule has 10 nitrogen and oxygen atoms in total. The van der Waals surface area contributed by atoms with E-state index in [1.54, 1.807) is 0 Å². The zero-order valence-corrected chi connectivity index (χ0v) is 13.2. The van der Waals surface area contributed by atoms with Crippen molar-refractivity contribution in [1.29, 1.82) is 0 Å². The predicted octanol–water partition coefficient (Wildman–Crippen LogP) is -1.37. The largest absolute Gasteiger partial charge is 0.465 e. The molecule has 1 aromatic rings. The van der Waals surface area contributed by atoms with E-state index in [0.29, 0.717) is 0 Å². The van der Waals surface area contributed by atoms with E-state index < -0.39 is 42.6 Å². The molecule has 1 amide bonds. The van der Waals surface area contributed by atoms with E-state index in [9.17, 15) is 24.6 Å². The summed E-state index contributed by atoms with van der Waals surface area (Å²) in [6, 6.07) is 1.40. The summed E-state index contributed by atoms with van der Waals surface area (Å²) in [4.78, 5) is 37.9. The molecule has 1 saturated heterocycles. The molecular formula is C14H19N3O7. The van der Waals surface area contributed by atoms with Gasteiger partial charge in [0.1, 0.15) is 24.8 Å². The van der Waals surface area contributed by atoms with Gasteiger partial charge in [-0.2, -0.15) is 4.98 Å². The number of nitrogens with one attached hydrogen (secondary N) is 1. The van der Waals surface area contributed by atoms with Crippen molar-refractivity contribution in [2.75, 3.05) is 18.5 Å². The summed E-state index contributed by atoms with van der Waals surface area (Å²) in [5.41, 5.74) is -0.718. The highest BCUT2D eigenvalue weighted by Crippen LogP contribution is 2.34. The summed E-state index contributed by atoms with van der Waals surface area (Å²) in [7, 11) is 0. The van der Waals surface area contributed by atoms with Crippen LogP contribution in [0.4, 0.5) is 5.82 Å². The molecule has 0 radical (unpaired) electrons. The molecule has 3 N–H and O–H groups in total. The molecule has 1 aliphatic rings. The first-order valence-corrected chi connectivity index (χ1v) is 7.28. The van der Waals surface area contributed by atoms with Gasteiger partial charge in [-0.1, -0.05) is 0 Å². The number of hydrogen-bond acceptors (Lipinski definition) is 8. The smallest absolute Gasteiger partial charge is 0.351 e. The molecule has 0 saturated carbocycles. The summed E-state index contributed by atoms with van der Waals surface area (Å²) in [5, 5.41) is 21.8. The summed E-state index contributed by atoms with van der Waals surface area (Å²) in [5.74, 6) is -1.59. The number of aliphatic hydroxyl groups excluding tert-OH is 2. The molecule has 4 atom stereocenters. The van der Waals surface area contributed by atoms with Crippen molar-refractivity contribution in [3.63, 3.8) is 0 Å². The van der Waals surface area contributed by atoms with Crippen LogP contribution in [0, 0.1) is 5.92 Å². The van der Waals surface area contributed by atoms with E-state index in [-0.39, 0.29) is 18.3 Å². The van der Waals surface area contributed by atoms with Crippen molar-refractivity contribution in [2.24, 2.45) is 5.92 Å². The molecule has 0 bridgehead atoms. The highest BCUT2D eigenvalue weighted by atomic mass is 16.6. The van der Waals surface area contributed by atoms with Gasteiger partial charge in [0.05, 0.1) is 18.6 Å². The first kappa shape index (κ1) is 18.0. The third-order valence-corrected chi connectivity index (χ3v) is 3.57. The number of ether oxygens (including phenoxy) is 2. The highest BCUT2D eigenvalue weighted by Gasteiger charge is 2.45. The van der Waals surface area contributed by atoms with Crippen LogP contribution in [0.3, 0.4) is 0 Å². The van der Waals surface area contributed by atoms with Crippen molar-refractivity contribution in [2.45, 2.75) is 32.3 Å². The van der Waals surface area contributed by atoms with E-state index in [1.807, 2.05) is 0 Å². The Morgan fingerprint density at radius 2 is 2.17 bits per heavy atom. The minimum Gasteiger partial charge on any atom is -0.465 e. The summed E-state index contributed by atoms with van der Waals surface area (Å²) < 4.78 is 11.5. The van der Waals surface area contributed by atoms with Gasteiger partial charge in [0.25, 0.3) is 0 Å². The lowest BCUT2D eigenvalue weighted by Gasteiger charge is -2.21. The normalized spacial score (nSPS) is 26.2. The van der Waals surface area contributed by atoms with E-state index in [0.717, 1.165) is 4.57 Å². The maximum absolute atomic E-state index is 12.2. The number of aliphatic hydroxyl groups is 2. The molecule has 0 aromatic carbocycles. The second kappa shape index (κ2) is 7.51. The quantitative estimate of drug-likeness (QED) is 0.557. The maximum atomic E-state index is 12.2. The van der Waals surface area contributed by atoms with Crippen LogP contribution < -0.4 is 11.0 Å². The Labute approximate surface area is 137 Å². The number of esters is 1.